The zero-order valence-corrected chi connectivity index (χ0v) is 15.6. The molecule has 1 saturated heterocycles. The topological polar surface area (TPSA) is 99.4 Å². The van der Waals surface area contributed by atoms with Crippen molar-refractivity contribution in [3.63, 3.8) is 0 Å². The first kappa shape index (κ1) is 15.2. The Morgan fingerprint density at radius 3 is 2.54 bits per heavy atom. The first-order valence-electron chi connectivity index (χ1n) is 11.2. The van der Waals surface area contributed by atoms with Gasteiger partial charge in [0.1, 0.15) is 36.3 Å². The number of ether oxygens (including phenoxy) is 2. The van der Waals surface area contributed by atoms with Crippen LogP contribution in [0, 0.1) is 0 Å². The molecule has 0 bridgehead atoms. The molecule has 6 nitrogen and oxygen atoms in total. The van der Waals surface area contributed by atoms with Crippen molar-refractivity contribution >= 4 is 11.6 Å². The second kappa shape index (κ2) is 9.22. The van der Waals surface area contributed by atoms with Gasteiger partial charge in [0.15, 0.2) is 0 Å². The largest absolute Gasteiger partial charge is 0.494 e. The Labute approximate surface area is 175 Å². The van der Waals surface area contributed by atoms with Gasteiger partial charge < -0.3 is 29.9 Å². The van der Waals surface area contributed by atoms with E-state index in [0.717, 1.165) is 5.56 Å². The third-order valence-corrected chi connectivity index (χ3v) is 5.15. The summed E-state index contributed by atoms with van der Waals surface area (Å²) >= 11 is 6.33. The predicted molar refractivity (Wildman–Crippen MR) is 105 cm³/mol. The fourth-order valence-electron chi connectivity index (χ4n) is 3.24. The van der Waals surface area contributed by atoms with Crippen LogP contribution in [0.4, 0.5) is 0 Å². The van der Waals surface area contributed by atoms with E-state index in [1.54, 1.807) is 30.3 Å². The maximum absolute atomic E-state index is 10.4. The highest BCUT2D eigenvalue weighted by Gasteiger charge is 2.43. The molecule has 0 spiro atoms. The molecule has 28 heavy (non-hydrogen) atoms. The van der Waals surface area contributed by atoms with E-state index < -0.39 is 50.5 Å². The monoisotopic (exact) mass is 413 g/mol. The normalized spacial score (nSPS) is 31.2. The lowest BCUT2D eigenvalue weighted by Gasteiger charge is -2.40. The summed E-state index contributed by atoms with van der Waals surface area (Å²) in [7, 11) is 0. The van der Waals surface area contributed by atoms with Crippen LogP contribution < -0.4 is 4.74 Å². The van der Waals surface area contributed by atoms with Crippen molar-refractivity contribution < 1.29 is 36.8 Å². The van der Waals surface area contributed by atoms with Gasteiger partial charge in [-0.3, -0.25) is 0 Å². The standard InChI is InChI=1S/C21H25ClO6/c1-2-27-15-6-3-12(4-7-15)9-14-10-13(5-8-16(14)22)21-20(26)19(25)18(24)17(11-23)28-21/h3-8,10,17-21,23-26H,2,9,11H2,1H3/t17-,18-,19+,20-,21+/m0/s1/i1D3,2D2. The molecular formula is C21H25ClO6. The third-order valence-electron chi connectivity index (χ3n) is 4.78. The Hall–Kier alpha value is -1.67. The molecule has 5 atom stereocenters. The minimum atomic E-state index is -2.94. The molecule has 4 N–H and O–H groups in total. The summed E-state index contributed by atoms with van der Waals surface area (Å²) in [6, 6.07) is 11.1. The molecule has 152 valence electrons. The van der Waals surface area contributed by atoms with Gasteiger partial charge >= 0.3 is 0 Å². The van der Waals surface area contributed by atoms with Gasteiger partial charge in [0.05, 0.1) is 15.9 Å². The molecule has 0 aromatic heterocycles. The van der Waals surface area contributed by atoms with Gasteiger partial charge in [0, 0.05) is 9.13 Å². The van der Waals surface area contributed by atoms with Gasteiger partial charge in [-0.15, -0.1) is 0 Å². The summed E-state index contributed by atoms with van der Waals surface area (Å²) in [5.41, 5.74) is 1.93. The van der Waals surface area contributed by atoms with Gasteiger partial charge in [0.25, 0.3) is 0 Å². The van der Waals surface area contributed by atoms with Gasteiger partial charge in [0.2, 0.25) is 0 Å². The summed E-state index contributed by atoms with van der Waals surface area (Å²) in [5, 5.41) is 40.2. The fraction of sp³-hybridized carbons (Fsp3) is 0.429. The first-order valence-corrected chi connectivity index (χ1v) is 9.08. The van der Waals surface area contributed by atoms with Crippen molar-refractivity contribution in [2.24, 2.45) is 0 Å². The number of hydrogen-bond donors (Lipinski definition) is 4. The van der Waals surface area contributed by atoms with Crippen LogP contribution in [0.25, 0.3) is 0 Å². The number of hydrogen-bond acceptors (Lipinski definition) is 6. The van der Waals surface area contributed by atoms with Crippen LogP contribution in [-0.2, 0) is 11.2 Å². The maximum atomic E-state index is 10.4. The van der Waals surface area contributed by atoms with E-state index in [9.17, 15) is 20.4 Å². The highest BCUT2D eigenvalue weighted by Crippen LogP contribution is 2.34. The minimum Gasteiger partial charge on any atom is -0.494 e. The summed E-state index contributed by atoms with van der Waals surface area (Å²) in [6.07, 6.45) is -6.04. The molecule has 0 saturated carbocycles. The molecule has 0 unspecified atom stereocenters. The lowest BCUT2D eigenvalue weighted by molar-refractivity contribution is -0.231. The third kappa shape index (κ3) is 4.49. The lowest BCUT2D eigenvalue weighted by atomic mass is 9.90. The Morgan fingerprint density at radius 2 is 1.86 bits per heavy atom. The smallest absolute Gasteiger partial charge is 0.119 e. The van der Waals surface area contributed by atoms with Crippen LogP contribution in [0.3, 0.4) is 0 Å². The van der Waals surface area contributed by atoms with Crippen molar-refractivity contribution in [3.05, 3.63) is 64.2 Å². The molecule has 1 aliphatic heterocycles. The molecule has 3 rings (SSSR count). The quantitative estimate of drug-likeness (QED) is 0.576. The number of benzene rings is 2. The van der Waals surface area contributed by atoms with E-state index in [4.69, 9.17) is 27.9 Å². The van der Waals surface area contributed by atoms with E-state index in [1.165, 1.54) is 12.1 Å². The van der Waals surface area contributed by atoms with E-state index in [1.807, 2.05) is 0 Å². The Morgan fingerprint density at radius 1 is 1.11 bits per heavy atom. The Kier molecular flexibility index (Phi) is 5.01. The van der Waals surface area contributed by atoms with Crippen LogP contribution in [0.15, 0.2) is 42.5 Å². The molecule has 0 radical (unpaired) electrons. The fourth-order valence-corrected chi connectivity index (χ4v) is 3.42. The van der Waals surface area contributed by atoms with Crippen molar-refractivity contribution in [1.82, 2.24) is 0 Å². The van der Waals surface area contributed by atoms with Crippen molar-refractivity contribution in [2.45, 2.75) is 43.8 Å². The molecule has 2 aromatic rings. The van der Waals surface area contributed by atoms with Crippen LogP contribution in [0.1, 0.15) is 36.5 Å². The van der Waals surface area contributed by atoms with E-state index in [2.05, 4.69) is 0 Å². The van der Waals surface area contributed by atoms with Gasteiger partial charge in [-0.1, -0.05) is 35.9 Å². The van der Waals surface area contributed by atoms with Crippen molar-refractivity contribution in [2.75, 3.05) is 13.2 Å². The predicted octanol–water partition coefficient (Wildman–Crippen LogP) is 1.84. The van der Waals surface area contributed by atoms with Crippen molar-refractivity contribution in [3.8, 4) is 5.75 Å². The van der Waals surface area contributed by atoms with E-state index in [-0.39, 0.29) is 5.75 Å². The number of halogens is 1. The van der Waals surface area contributed by atoms with E-state index in [0.29, 0.717) is 22.6 Å². The van der Waals surface area contributed by atoms with Crippen LogP contribution in [0.2, 0.25) is 5.02 Å². The van der Waals surface area contributed by atoms with E-state index >= 15 is 0 Å². The molecule has 1 fully saturated rings. The van der Waals surface area contributed by atoms with Crippen LogP contribution >= 0.6 is 11.6 Å². The second-order valence-electron chi connectivity index (χ2n) is 6.63. The molecule has 2 aromatic carbocycles. The number of aliphatic hydroxyl groups excluding tert-OH is 4. The van der Waals surface area contributed by atoms with Crippen LogP contribution in [-0.4, -0.2) is 58.0 Å². The second-order valence-corrected chi connectivity index (χ2v) is 7.03. The highest BCUT2D eigenvalue weighted by molar-refractivity contribution is 6.31. The summed E-state index contributed by atoms with van der Waals surface area (Å²) < 4.78 is 47.3. The number of aliphatic hydroxyl groups is 4. The minimum absolute atomic E-state index is 0.0565. The maximum Gasteiger partial charge on any atom is 0.119 e. The molecule has 0 amide bonds. The first-order chi connectivity index (χ1) is 15.3. The zero-order valence-electron chi connectivity index (χ0n) is 19.8. The molecule has 7 heteroatoms. The van der Waals surface area contributed by atoms with Crippen molar-refractivity contribution in [1.29, 1.82) is 0 Å². The Balaban J connectivity index is 1.78. The number of rotatable bonds is 6. The molecule has 1 aliphatic rings. The molecule has 0 aliphatic carbocycles. The Bertz CT molecular complexity index is 953. The molecule has 1 heterocycles. The summed E-state index contributed by atoms with van der Waals surface area (Å²) in [4.78, 5) is 0. The molecular weight excluding hydrogens is 384 g/mol. The van der Waals surface area contributed by atoms with Gasteiger partial charge in [-0.2, -0.15) is 0 Å². The van der Waals surface area contributed by atoms with Gasteiger partial charge in [-0.05, 0) is 48.2 Å². The average molecular weight is 414 g/mol. The average Bonchev–Trinajstić information content (AvgIpc) is 2.74. The SMILES string of the molecule is [2H]C([2H])([2H])C([2H])([2H])Oc1ccc(Cc2cc([C@H]3O[C@@H](CO)[C@H](O)[C@@H](O)[C@@H]3O)ccc2Cl)cc1. The zero-order chi connectivity index (χ0) is 24.6. The van der Waals surface area contributed by atoms with Crippen LogP contribution in [0.5, 0.6) is 5.75 Å². The highest BCUT2D eigenvalue weighted by atomic mass is 35.5. The summed E-state index contributed by atoms with van der Waals surface area (Å²) in [5.74, 6) is 0.0565. The summed E-state index contributed by atoms with van der Waals surface area (Å²) in [6.45, 7) is -6.31. The lowest BCUT2D eigenvalue weighted by Crippen LogP contribution is -2.55. The van der Waals surface area contributed by atoms with Gasteiger partial charge in [-0.25, -0.2) is 0 Å².